The van der Waals surface area contributed by atoms with Gasteiger partial charge in [-0.3, -0.25) is 4.55 Å². The number of aliphatic hydroxyl groups is 1. The predicted octanol–water partition coefficient (Wildman–Crippen LogP) is 0.760. The summed E-state index contributed by atoms with van der Waals surface area (Å²) in [5.74, 6) is 0. The summed E-state index contributed by atoms with van der Waals surface area (Å²) in [6.45, 7) is 6.49. The van der Waals surface area contributed by atoms with Crippen molar-refractivity contribution in [2.24, 2.45) is 5.41 Å². The van der Waals surface area contributed by atoms with E-state index in [-0.39, 0.29) is 36.0 Å². The molecule has 0 aromatic heterocycles. The van der Waals surface area contributed by atoms with Crippen molar-refractivity contribution in [1.29, 1.82) is 0 Å². The van der Waals surface area contributed by atoms with Gasteiger partial charge in [0.2, 0.25) is 0 Å². The van der Waals surface area contributed by atoms with E-state index in [4.69, 9.17) is 4.55 Å². The van der Waals surface area contributed by atoms with Crippen molar-refractivity contribution in [2.45, 2.75) is 45.5 Å². The first-order valence-electron chi connectivity index (χ1n) is 4.25. The molecule has 0 saturated carbocycles. The Hall–Kier alpha value is 0.870. The van der Waals surface area contributed by atoms with Crippen molar-refractivity contribution in [2.75, 3.05) is 0 Å². The van der Waals surface area contributed by atoms with Crippen LogP contribution in [0.15, 0.2) is 0 Å². The van der Waals surface area contributed by atoms with E-state index in [0.717, 1.165) is 0 Å². The van der Waals surface area contributed by atoms with Crippen LogP contribution in [0.3, 0.4) is 0 Å². The summed E-state index contributed by atoms with van der Waals surface area (Å²) in [7, 11) is -4.43. The summed E-state index contributed by atoms with van der Waals surface area (Å²) in [6.07, 6.45) is 0.531. The van der Waals surface area contributed by atoms with E-state index in [0.29, 0.717) is 6.42 Å². The second-order valence-electron chi connectivity index (χ2n) is 4.26. The molecule has 1 atom stereocenters. The van der Waals surface area contributed by atoms with Crippen molar-refractivity contribution < 1.29 is 18.1 Å². The molecule has 0 aliphatic heterocycles. The molecule has 0 aliphatic rings. The molecule has 0 fully saturated rings. The van der Waals surface area contributed by atoms with E-state index < -0.39 is 20.5 Å². The van der Waals surface area contributed by atoms with E-state index in [9.17, 15) is 13.5 Å². The van der Waals surface area contributed by atoms with Gasteiger partial charge in [-0.25, -0.2) is 0 Å². The van der Waals surface area contributed by atoms with Crippen LogP contribution in [0.4, 0.5) is 0 Å². The standard InChI is InChI=1S/C8H18O4S.Na.H/c1-5-6-8(9,7(2,3)4)13(10,11)12;;/h9H,5-6H2,1-4H3,(H,10,11,12);;. The first-order chi connectivity index (χ1) is 5.56. The Morgan fingerprint density at radius 1 is 1.21 bits per heavy atom. The van der Waals surface area contributed by atoms with Crippen LogP contribution < -0.4 is 0 Å². The Labute approximate surface area is 108 Å². The van der Waals surface area contributed by atoms with Gasteiger partial charge in [-0.1, -0.05) is 34.1 Å². The van der Waals surface area contributed by atoms with Crippen LogP contribution in [-0.4, -0.2) is 52.6 Å². The molecule has 0 spiro atoms. The molecule has 14 heavy (non-hydrogen) atoms. The van der Waals surface area contributed by atoms with Gasteiger partial charge in [-0.05, 0) is 6.42 Å². The molecule has 2 N–H and O–H groups in total. The molecule has 0 amide bonds. The second kappa shape index (κ2) is 5.27. The number of rotatable bonds is 3. The molecule has 0 saturated heterocycles. The molecule has 0 heterocycles. The van der Waals surface area contributed by atoms with Crippen molar-refractivity contribution in [3.8, 4) is 0 Å². The van der Waals surface area contributed by atoms with E-state index in [2.05, 4.69) is 0 Å². The molecule has 0 bridgehead atoms. The fourth-order valence-corrected chi connectivity index (χ4v) is 2.47. The van der Waals surface area contributed by atoms with Gasteiger partial charge in [0.1, 0.15) is 0 Å². The first-order valence-corrected chi connectivity index (χ1v) is 5.69. The summed E-state index contributed by atoms with van der Waals surface area (Å²) < 4.78 is 30.9. The van der Waals surface area contributed by atoms with Crippen LogP contribution >= 0.6 is 0 Å². The van der Waals surface area contributed by atoms with Crippen molar-refractivity contribution in [3.63, 3.8) is 0 Å². The topological polar surface area (TPSA) is 74.6 Å². The molecule has 0 rings (SSSR count). The van der Waals surface area contributed by atoms with Crippen molar-refractivity contribution >= 4 is 39.7 Å². The summed E-state index contributed by atoms with van der Waals surface area (Å²) in [5, 5.41) is 9.85. The normalized spacial score (nSPS) is 17.0. The average Bonchev–Trinajstić information content (AvgIpc) is 1.82. The summed E-state index contributed by atoms with van der Waals surface area (Å²) in [6, 6.07) is 0. The maximum atomic E-state index is 11.0. The summed E-state index contributed by atoms with van der Waals surface area (Å²) in [5.41, 5.74) is -0.892. The Balaban J connectivity index is 0. The fraction of sp³-hybridized carbons (Fsp3) is 1.00. The minimum absolute atomic E-state index is 0. The zero-order valence-electron chi connectivity index (χ0n) is 8.53. The molecule has 6 heteroatoms. The molecule has 0 aliphatic carbocycles. The number of hydrogen-bond acceptors (Lipinski definition) is 3. The van der Waals surface area contributed by atoms with E-state index in [1.165, 1.54) is 0 Å². The summed E-state index contributed by atoms with van der Waals surface area (Å²) in [4.78, 5) is -2.05. The van der Waals surface area contributed by atoms with Gasteiger partial charge in [0.25, 0.3) is 10.1 Å². The Kier molecular flexibility index (Phi) is 6.51. The second-order valence-corrected chi connectivity index (χ2v) is 5.88. The molecule has 1 unspecified atom stereocenters. The van der Waals surface area contributed by atoms with Gasteiger partial charge in [0.15, 0.2) is 4.93 Å². The van der Waals surface area contributed by atoms with Crippen LogP contribution in [-0.2, 0) is 10.1 Å². The molecule has 0 radical (unpaired) electrons. The van der Waals surface area contributed by atoms with E-state index in [1.54, 1.807) is 27.7 Å². The van der Waals surface area contributed by atoms with E-state index >= 15 is 0 Å². The van der Waals surface area contributed by atoms with Crippen LogP contribution in [0, 0.1) is 5.41 Å². The first kappa shape index (κ1) is 17.3. The Bertz CT molecular complexity index is 268. The predicted molar refractivity (Wildman–Crippen MR) is 58.0 cm³/mol. The van der Waals surface area contributed by atoms with Gasteiger partial charge in [0.05, 0.1) is 0 Å². The van der Waals surface area contributed by atoms with Gasteiger partial charge in [-0.2, -0.15) is 8.42 Å². The molecule has 4 nitrogen and oxygen atoms in total. The SMILES string of the molecule is CCCC(O)(C(C)(C)C)S(=O)(=O)O.[NaH]. The third-order valence-electron chi connectivity index (χ3n) is 2.19. The van der Waals surface area contributed by atoms with Gasteiger partial charge in [-0.15, -0.1) is 0 Å². The quantitative estimate of drug-likeness (QED) is 0.558. The van der Waals surface area contributed by atoms with Gasteiger partial charge in [0, 0.05) is 5.41 Å². The third kappa shape index (κ3) is 3.47. The van der Waals surface area contributed by atoms with Crippen molar-refractivity contribution in [3.05, 3.63) is 0 Å². The third-order valence-corrected chi connectivity index (χ3v) is 3.86. The minimum atomic E-state index is -4.43. The Morgan fingerprint density at radius 2 is 1.57 bits per heavy atom. The zero-order valence-corrected chi connectivity index (χ0v) is 9.35. The molecule has 82 valence electrons. The van der Waals surface area contributed by atoms with Crippen LogP contribution in [0.5, 0.6) is 0 Å². The monoisotopic (exact) mass is 234 g/mol. The number of hydrogen-bond donors (Lipinski definition) is 2. The maximum absolute atomic E-state index is 11.0. The zero-order chi connectivity index (χ0) is 10.9. The fourth-order valence-electron chi connectivity index (χ4n) is 1.23. The Morgan fingerprint density at radius 3 is 1.64 bits per heavy atom. The van der Waals surface area contributed by atoms with Crippen LogP contribution in [0.1, 0.15) is 40.5 Å². The molecular weight excluding hydrogens is 215 g/mol. The molecule has 0 aromatic rings. The van der Waals surface area contributed by atoms with Crippen LogP contribution in [0.25, 0.3) is 0 Å². The van der Waals surface area contributed by atoms with Gasteiger partial charge < -0.3 is 5.11 Å². The van der Waals surface area contributed by atoms with Crippen LogP contribution in [0.2, 0.25) is 0 Å². The average molecular weight is 234 g/mol. The summed E-state index contributed by atoms with van der Waals surface area (Å²) >= 11 is 0. The molecular formula is C8H19NaO4S. The molecule has 0 aromatic carbocycles. The van der Waals surface area contributed by atoms with Crippen molar-refractivity contribution in [1.82, 2.24) is 0 Å². The van der Waals surface area contributed by atoms with E-state index in [1.807, 2.05) is 0 Å². The van der Waals surface area contributed by atoms with Gasteiger partial charge >= 0.3 is 29.6 Å².